The number of fused-ring (bicyclic) bond motifs is 1. The van der Waals surface area contributed by atoms with Crippen molar-refractivity contribution in [3.63, 3.8) is 0 Å². The van der Waals surface area contributed by atoms with Crippen LogP contribution in [0.3, 0.4) is 0 Å². The number of imidazole rings is 1. The summed E-state index contributed by atoms with van der Waals surface area (Å²) >= 11 is 0. The van der Waals surface area contributed by atoms with E-state index in [0.29, 0.717) is 54.6 Å². The highest BCUT2D eigenvalue weighted by Gasteiger charge is 2.30. The van der Waals surface area contributed by atoms with Crippen LogP contribution < -0.4 is 5.32 Å². The third kappa shape index (κ3) is 4.78. The Hall–Kier alpha value is -3.17. The number of halogens is 1. The Bertz CT molecular complexity index is 1030. The number of hydrogen-bond donors (Lipinski definition) is 1. The van der Waals surface area contributed by atoms with Gasteiger partial charge in [0.2, 0.25) is 5.91 Å². The van der Waals surface area contributed by atoms with Gasteiger partial charge in [-0.15, -0.1) is 0 Å². The molecule has 10 heteroatoms. The highest BCUT2D eigenvalue weighted by molar-refractivity contribution is 5.90. The number of amidine groups is 1. The van der Waals surface area contributed by atoms with Gasteiger partial charge in [-0.1, -0.05) is 6.92 Å². The SMILES string of the molecule is C=N/C(C)=N\C=C(/C)c1nc2c(N[C@@H](CC)C(=O)N3CC[C@H](F)C3)ncnc2n1CC. The van der Waals surface area contributed by atoms with Crippen LogP contribution in [0.2, 0.25) is 0 Å². The zero-order valence-electron chi connectivity index (χ0n) is 18.5. The Morgan fingerprint density at radius 3 is 2.81 bits per heavy atom. The number of nitrogens with zero attached hydrogens (tertiary/aromatic N) is 7. The van der Waals surface area contributed by atoms with Gasteiger partial charge in [-0.05, 0) is 40.3 Å². The van der Waals surface area contributed by atoms with E-state index in [1.54, 1.807) is 18.0 Å². The van der Waals surface area contributed by atoms with Gasteiger partial charge >= 0.3 is 0 Å². The molecule has 1 fully saturated rings. The first kappa shape index (κ1) is 22.5. The predicted molar refractivity (Wildman–Crippen MR) is 121 cm³/mol. The third-order valence-electron chi connectivity index (χ3n) is 5.33. The molecule has 0 aromatic carbocycles. The van der Waals surface area contributed by atoms with Gasteiger partial charge in [0.15, 0.2) is 17.0 Å². The first-order chi connectivity index (χ1) is 14.9. The summed E-state index contributed by atoms with van der Waals surface area (Å²) in [5, 5.41) is 3.22. The van der Waals surface area contributed by atoms with Gasteiger partial charge in [0.05, 0.1) is 6.54 Å². The number of anilines is 1. The van der Waals surface area contributed by atoms with Crippen molar-refractivity contribution in [1.29, 1.82) is 0 Å². The van der Waals surface area contributed by atoms with Crippen molar-refractivity contribution in [3.8, 4) is 0 Å². The highest BCUT2D eigenvalue weighted by Crippen LogP contribution is 2.25. The molecule has 1 aliphatic rings. The average molecular weight is 429 g/mol. The zero-order valence-corrected chi connectivity index (χ0v) is 18.5. The van der Waals surface area contributed by atoms with E-state index in [1.165, 1.54) is 6.33 Å². The maximum Gasteiger partial charge on any atom is 0.245 e. The molecule has 9 nitrogen and oxygen atoms in total. The molecule has 0 unspecified atom stereocenters. The molecule has 2 aromatic rings. The number of allylic oxidation sites excluding steroid dienone is 1. The van der Waals surface area contributed by atoms with Crippen molar-refractivity contribution >= 4 is 41.0 Å². The average Bonchev–Trinajstić information content (AvgIpc) is 3.38. The second-order valence-corrected chi connectivity index (χ2v) is 7.50. The molecule has 1 N–H and O–H groups in total. The minimum absolute atomic E-state index is 0.123. The maximum absolute atomic E-state index is 13.6. The van der Waals surface area contributed by atoms with Gasteiger partial charge in [0, 0.05) is 24.9 Å². The summed E-state index contributed by atoms with van der Waals surface area (Å²) in [4.78, 5) is 36.0. The Labute approximate surface area is 181 Å². The monoisotopic (exact) mass is 428 g/mol. The molecule has 1 amide bonds. The van der Waals surface area contributed by atoms with Crippen LogP contribution in [0.1, 0.15) is 46.4 Å². The van der Waals surface area contributed by atoms with Crippen LogP contribution in [0.25, 0.3) is 16.7 Å². The number of aromatic nitrogens is 4. The summed E-state index contributed by atoms with van der Waals surface area (Å²) in [6, 6.07) is -0.513. The lowest BCUT2D eigenvalue weighted by atomic mass is 10.2. The van der Waals surface area contributed by atoms with E-state index in [2.05, 4.69) is 32.0 Å². The summed E-state index contributed by atoms with van der Waals surface area (Å²) in [5.41, 5.74) is 2.08. The van der Waals surface area contributed by atoms with Gasteiger partial charge in [-0.25, -0.2) is 29.3 Å². The molecule has 1 aliphatic heterocycles. The van der Waals surface area contributed by atoms with Crippen LogP contribution in [0.5, 0.6) is 0 Å². The Morgan fingerprint density at radius 1 is 1.42 bits per heavy atom. The summed E-state index contributed by atoms with van der Waals surface area (Å²) in [6.45, 7) is 12.3. The number of rotatable bonds is 7. The lowest BCUT2D eigenvalue weighted by molar-refractivity contribution is -0.131. The van der Waals surface area contributed by atoms with Crippen LogP contribution in [-0.2, 0) is 11.3 Å². The first-order valence-electron chi connectivity index (χ1n) is 10.5. The second-order valence-electron chi connectivity index (χ2n) is 7.50. The smallest absolute Gasteiger partial charge is 0.245 e. The van der Waals surface area contributed by atoms with Gasteiger partial charge in [-0.2, -0.15) is 0 Å². The zero-order chi connectivity index (χ0) is 22.5. The molecule has 31 heavy (non-hydrogen) atoms. The van der Waals surface area contributed by atoms with E-state index >= 15 is 0 Å². The number of nitrogens with one attached hydrogen (secondary N) is 1. The molecular weight excluding hydrogens is 399 g/mol. The fourth-order valence-electron chi connectivity index (χ4n) is 3.57. The predicted octanol–water partition coefficient (Wildman–Crippen LogP) is 3.09. The standard InChI is InChI=1S/C21H29FN8O/c1-6-16(21(31)29-9-8-15(22)11-29)27-18-17-20(26-12-25-18)30(7-2)19(28-17)13(3)10-24-14(4)23-5/h10,12,15-16H,5-9,11H2,1-4H3,(H,25,26,27)/b13-10+,24-14-/t15-,16-/m0/s1. The van der Waals surface area contributed by atoms with E-state index in [9.17, 15) is 9.18 Å². The summed E-state index contributed by atoms with van der Waals surface area (Å²) in [6.07, 6.45) is 3.12. The van der Waals surface area contributed by atoms with E-state index in [-0.39, 0.29) is 12.5 Å². The van der Waals surface area contributed by atoms with Crippen LogP contribution in [0.15, 0.2) is 22.5 Å². The Morgan fingerprint density at radius 2 is 2.19 bits per heavy atom. The quantitative estimate of drug-likeness (QED) is 0.539. The topological polar surface area (TPSA) is 101 Å². The lowest BCUT2D eigenvalue weighted by Gasteiger charge is -2.23. The number of aliphatic imine (C=N–C) groups is 2. The van der Waals surface area contributed by atoms with Crippen molar-refractivity contribution in [2.45, 2.75) is 59.3 Å². The molecule has 3 heterocycles. The molecule has 2 atom stereocenters. The molecule has 0 radical (unpaired) electrons. The lowest BCUT2D eigenvalue weighted by Crippen LogP contribution is -2.41. The van der Waals surface area contributed by atoms with E-state index in [4.69, 9.17) is 4.98 Å². The van der Waals surface area contributed by atoms with E-state index in [1.807, 2.05) is 25.3 Å². The Kier molecular flexibility index (Phi) is 7.09. The molecular formula is C21H29FN8O. The van der Waals surface area contributed by atoms with Crippen molar-refractivity contribution in [3.05, 3.63) is 18.4 Å². The number of alkyl halides is 1. The first-order valence-corrected chi connectivity index (χ1v) is 10.5. The van der Waals surface area contributed by atoms with Crippen molar-refractivity contribution < 1.29 is 9.18 Å². The fraction of sp³-hybridized carbons (Fsp3) is 0.524. The molecule has 166 valence electrons. The number of carbonyl (C=O) groups excluding carboxylic acids is 1. The number of hydrogen-bond acceptors (Lipinski definition) is 6. The number of carbonyl (C=O) groups is 1. The summed E-state index contributed by atoms with van der Waals surface area (Å²) < 4.78 is 15.5. The molecule has 2 aromatic heterocycles. The largest absolute Gasteiger partial charge is 0.356 e. The van der Waals surface area contributed by atoms with E-state index < -0.39 is 12.2 Å². The minimum Gasteiger partial charge on any atom is -0.356 e. The van der Waals surface area contributed by atoms with Crippen LogP contribution in [0, 0.1) is 0 Å². The Balaban J connectivity index is 1.95. The second kappa shape index (κ2) is 9.76. The van der Waals surface area contributed by atoms with Gasteiger partial charge in [0.1, 0.15) is 30.2 Å². The number of likely N-dealkylation sites (tertiary alicyclic amines) is 1. The highest BCUT2D eigenvalue weighted by atomic mass is 19.1. The molecule has 0 aliphatic carbocycles. The molecule has 3 rings (SSSR count). The van der Waals surface area contributed by atoms with Crippen LogP contribution in [-0.4, -0.2) is 68.2 Å². The van der Waals surface area contributed by atoms with Crippen molar-refractivity contribution in [2.24, 2.45) is 9.98 Å². The number of aryl methyl sites for hydroxylation is 1. The van der Waals surface area contributed by atoms with Crippen molar-refractivity contribution in [2.75, 3.05) is 18.4 Å². The minimum atomic E-state index is -0.952. The normalized spacial score (nSPS) is 18.5. The van der Waals surface area contributed by atoms with Gasteiger partial charge < -0.3 is 14.8 Å². The maximum atomic E-state index is 13.6. The van der Waals surface area contributed by atoms with E-state index in [0.717, 1.165) is 5.57 Å². The molecule has 0 saturated carbocycles. The summed E-state index contributed by atoms with van der Waals surface area (Å²) in [5.74, 6) is 1.63. The number of amides is 1. The van der Waals surface area contributed by atoms with Gasteiger partial charge in [-0.3, -0.25) is 4.79 Å². The fourth-order valence-corrected chi connectivity index (χ4v) is 3.57. The molecule has 0 bridgehead atoms. The van der Waals surface area contributed by atoms with Crippen molar-refractivity contribution in [1.82, 2.24) is 24.4 Å². The third-order valence-corrected chi connectivity index (χ3v) is 5.33. The van der Waals surface area contributed by atoms with Gasteiger partial charge in [0.25, 0.3) is 0 Å². The molecule has 0 spiro atoms. The van der Waals surface area contributed by atoms with Crippen LogP contribution in [0.4, 0.5) is 10.2 Å². The summed E-state index contributed by atoms with van der Waals surface area (Å²) in [7, 11) is 0. The van der Waals surface area contributed by atoms with Crippen LogP contribution >= 0.6 is 0 Å². The molecule has 1 saturated heterocycles.